The van der Waals surface area contributed by atoms with Gasteiger partial charge in [-0.05, 0) is 18.1 Å². The molecule has 0 unspecified atom stereocenters. The van der Waals surface area contributed by atoms with E-state index < -0.39 is 0 Å². The van der Waals surface area contributed by atoms with Gasteiger partial charge in [0.1, 0.15) is 0 Å². The molecule has 0 heterocycles. The standard InChI is InChI=1S/C12H18ClNO2.ClH/c1-4-5-9(14)8-6-7-10(15-2)12(16-3)11(8)13;/h6-7,9H,4-5,14H2,1-3H3;1H/t9-;/m1./s1. The molecule has 0 fully saturated rings. The minimum atomic E-state index is -0.0580. The Balaban J connectivity index is 0.00000256. The Morgan fingerprint density at radius 2 is 1.94 bits per heavy atom. The lowest BCUT2D eigenvalue weighted by atomic mass is 10.0. The summed E-state index contributed by atoms with van der Waals surface area (Å²) >= 11 is 6.24. The third kappa shape index (κ3) is 3.66. The average molecular weight is 280 g/mol. The van der Waals surface area contributed by atoms with E-state index in [4.69, 9.17) is 26.8 Å². The van der Waals surface area contributed by atoms with Gasteiger partial charge in [0.05, 0.1) is 19.2 Å². The highest BCUT2D eigenvalue weighted by molar-refractivity contribution is 6.33. The zero-order valence-corrected chi connectivity index (χ0v) is 11.9. The Bertz CT molecular complexity index is 359. The van der Waals surface area contributed by atoms with Crippen molar-refractivity contribution in [2.24, 2.45) is 5.73 Å². The molecule has 5 heteroatoms. The summed E-state index contributed by atoms with van der Waals surface area (Å²) in [6, 6.07) is 3.66. The third-order valence-corrected chi connectivity index (χ3v) is 2.90. The maximum absolute atomic E-state index is 6.24. The monoisotopic (exact) mass is 279 g/mol. The van der Waals surface area contributed by atoms with Gasteiger partial charge >= 0.3 is 0 Å². The summed E-state index contributed by atoms with van der Waals surface area (Å²) in [6.45, 7) is 2.09. The molecule has 3 nitrogen and oxygen atoms in total. The Labute approximate surface area is 114 Å². The SMILES string of the molecule is CCC[C@@H](N)c1ccc(OC)c(OC)c1Cl.Cl. The Hall–Kier alpha value is -0.640. The molecule has 2 N–H and O–H groups in total. The predicted octanol–water partition coefficient (Wildman–Crippen LogP) is 3.58. The molecule has 0 aliphatic rings. The number of benzene rings is 1. The summed E-state index contributed by atoms with van der Waals surface area (Å²) in [4.78, 5) is 0. The third-order valence-electron chi connectivity index (χ3n) is 2.51. The Morgan fingerprint density at radius 3 is 2.41 bits per heavy atom. The fourth-order valence-corrected chi connectivity index (χ4v) is 2.03. The second kappa shape index (κ2) is 7.64. The van der Waals surface area contributed by atoms with Gasteiger partial charge in [0.2, 0.25) is 0 Å². The largest absolute Gasteiger partial charge is 0.493 e. The van der Waals surface area contributed by atoms with Crippen molar-refractivity contribution in [3.8, 4) is 11.5 Å². The number of ether oxygens (including phenoxy) is 2. The van der Waals surface area contributed by atoms with E-state index in [2.05, 4.69) is 6.92 Å². The maximum atomic E-state index is 6.24. The fourth-order valence-electron chi connectivity index (χ4n) is 1.66. The molecular weight excluding hydrogens is 261 g/mol. The zero-order valence-electron chi connectivity index (χ0n) is 10.3. The minimum absolute atomic E-state index is 0. The molecule has 17 heavy (non-hydrogen) atoms. The first-order valence-corrected chi connectivity index (χ1v) is 5.69. The van der Waals surface area contributed by atoms with Gasteiger partial charge in [0.15, 0.2) is 11.5 Å². The van der Waals surface area contributed by atoms with Crippen LogP contribution in [0.2, 0.25) is 5.02 Å². The van der Waals surface area contributed by atoms with E-state index in [1.807, 2.05) is 12.1 Å². The summed E-state index contributed by atoms with van der Waals surface area (Å²) in [6.07, 6.45) is 1.92. The highest BCUT2D eigenvalue weighted by atomic mass is 35.5. The summed E-state index contributed by atoms with van der Waals surface area (Å²) in [5.74, 6) is 1.17. The molecule has 1 aromatic rings. The lowest BCUT2D eigenvalue weighted by Crippen LogP contribution is -2.11. The molecule has 98 valence electrons. The van der Waals surface area contributed by atoms with Crippen LogP contribution >= 0.6 is 24.0 Å². The van der Waals surface area contributed by atoms with Crippen LogP contribution in [0.1, 0.15) is 31.4 Å². The van der Waals surface area contributed by atoms with Crippen molar-refractivity contribution in [2.75, 3.05) is 14.2 Å². The molecule has 0 radical (unpaired) electrons. The quantitative estimate of drug-likeness (QED) is 0.896. The van der Waals surface area contributed by atoms with Crippen LogP contribution in [0.15, 0.2) is 12.1 Å². The lowest BCUT2D eigenvalue weighted by molar-refractivity contribution is 0.354. The minimum Gasteiger partial charge on any atom is -0.493 e. The van der Waals surface area contributed by atoms with E-state index in [-0.39, 0.29) is 18.4 Å². The number of rotatable bonds is 5. The Morgan fingerprint density at radius 1 is 1.29 bits per heavy atom. The topological polar surface area (TPSA) is 44.5 Å². The van der Waals surface area contributed by atoms with Crippen molar-refractivity contribution in [3.63, 3.8) is 0 Å². The second-order valence-electron chi connectivity index (χ2n) is 3.60. The van der Waals surface area contributed by atoms with Gasteiger partial charge in [-0.2, -0.15) is 0 Å². The number of methoxy groups -OCH3 is 2. The van der Waals surface area contributed by atoms with Gasteiger partial charge in [-0.1, -0.05) is 31.0 Å². The van der Waals surface area contributed by atoms with Gasteiger partial charge in [-0.15, -0.1) is 12.4 Å². The van der Waals surface area contributed by atoms with Crippen molar-refractivity contribution >= 4 is 24.0 Å². The van der Waals surface area contributed by atoms with Gasteiger partial charge in [-0.25, -0.2) is 0 Å². The van der Waals surface area contributed by atoms with E-state index >= 15 is 0 Å². The maximum Gasteiger partial charge on any atom is 0.179 e. The van der Waals surface area contributed by atoms with Crippen molar-refractivity contribution in [1.82, 2.24) is 0 Å². The molecule has 1 rings (SSSR count). The van der Waals surface area contributed by atoms with E-state index in [0.29, 0.717) is 16.5 Å². The molecular formula is C12H19Cl2NO2. The highest BCUT2D eigenvalue weighted by Gasteiger charge is 2.16. The summed E-state index contributed by atoms with van der Waals surface area (Å²) in [5.41, 5.74) is 6.94. The van der Waals surface area contributed by atoms with E-state index in [1.165, 1.54) is 0 Å². The van der Waals surface area contributed by atoms with Crippen LogP contribution < -0.4 is 15.2 Å². The number of halogens is 2. The summed E-state index contributed by atoms with van der Waals surface area (Å²) < 4.78 is 10.4. The molecule has 1 atom stereocenters. The van der Waals surface area contributed by atoms with Crippen molar-refractivity contribution < 1.29 is 9.47 Å². The lowest BCUT2D eigenvalue weighted by Gasteiger charge is -2.16. The molecule has 0 aliphatic heterocycles. The van der Waals surface area contributed by atoms with E-state index in [1.54, 1.807) is 14.2 Å². The van der Waals surface area contributed by atoms with Crippen LogP contribution in [0.3, 0.4) is 0 Å². The first kappa shape index (κ1) is 16.4. The van der Waals surface area contributed by atoms with E-state index in [0.717, 1.165) is 18.4 Å². The first-order valence-electron chi connectivity index (χ1n) is 5.31. The van der Waals surface area contributed by atoms with Gasteiger partial charge < -0.3 is 15.2 Å². The molecule has 0 aliphatic carbocycles. The number of hydrogen-bond donors (Lipinski definition) is 1. The van der Waals surface area contributed by atoms with Crippen LogP contribution in [0.25, 0.3) is 0 Å². The van der Waals surface area contributed by atoms with Crippen molar-refractivity contribution in [1.29, 1.82) is 0 Å². The van der Waals surface area contributed by atoms with E-state index in [9.17, 15) is 0 Å². The van der Waals surface area contributed by atoms with Crippen LogP contribution in [0.5, 0.6) is 11.5 Å². The van der Waals surface area contributed by atoms with Crippen LogP contribution in [-0.2, 0) is 0 Å². The number of nitrogens with two attached hydrogens (primary N) is 1. The van der Waals surface area contributed by atoms with Gasteiger partial charge in [0.25, 0.3) is 0 Å². The van der Waals surface area contributed by atoms with Gasteiger partial charge in [0, 0.05) is 6.04 Å². The van der Waals surface area contributed by atoms with Gasteiger partial charge in [-0.3, -0.25) is 0 Å². The predicted molar refractivity (Wildman–Crippen MR) is 73.6 cm³/mol. The molecule has 0 amide bonds. The fraction of sp³-hybridized carbons (Fsp3) is 0.500. The van der Waals surface area contributed by atoms with Crippen molar-refractivity contribution in [3.05, 3.63) is 22.7 Å². The van der Waals surface area contributed by atoms with Crippen molar-refractivity contribution in [2.45, 2.75) is 25.8 Å². The molecule has 0 spiro atoms. The van der Waals surface area contributed by atoms with Crippen LogP contribution in [-0.4, -0.2) is 14.2 Å². The normalized spacial score (nSPS) is 11.6. The molecule has 0 bridgehead atoms. The molecule has 1 aromatic carbocycles. The average Bonchev–Trinajstić information content (AvgIpc) is 2.28. The molecule has 0 saturated heterocycles. The summed E-state index contributed by atoms with van der Waals surface area (Å²) in [7, 11) is 3.15. The first-order chi connectivity index (χ1) is 7.65. The second-order valence-corrected chi connectivity index (χ2v) is 3.98. The van der Waals surface area contributed by atoms with Crippen LogP contribution in [0, 0.1) is 0 Å². The summed E-state index contributed by atoms with van der Waals surface area (Å²) in [5, 5.41) is 0.544. The molecule has 0 saturated carbocycles. The smallest absolute Gasteiger partial charge is 0.179 e. The molecule has 0 aromatic heterocycles. The Kier molecular flexibility index (Phi) is 7.35. The van der Waals surface area contributed by atoms with Crippen LogP contribution in [0.4, 0.5) is 0 Å². The highest BCUT2D eigenvalue weighted by Crippen LogP contribution is 2.39. The zero-order chi connectivity index (χ0) is 12.1. The number of hydrogen-bond acceptors (Lipinski definition) is 3.